The van der Waals surface area contributed by atoms with E-state index in [0.29, 0.717) is 13.2 Å². The predicted molar refractivity (Wildman–Crippen MR) is 84.5 cm³/mol. The maximum atomic E-state index is 10.5. The van der Waals surface area contributed by atoms with Gasteiger partial charge < -0.3 is 15.2 Å². The number of rotatable bonds is 7. The Morgan fingerprint density at radius 3 is 2.76 bits per heavy atom. The van der Waals surface area contributed by atoms with Crippen LogP contribution in [0, 0.1) is 6.92 Å². The monoisotopic (exact) mass is 292 g/mol. The highest BCUT2D eigenvalue weighted by molar-refractivity contribution is 5.29. The van der Waals surface area contributed by atoms with Crippen molar-refractivity contribution < 1.29 is 9.84 Å². The lowest BCUT2D eigenvalue weighted by molar-refractivity contribution is -0.0342. The lowest BCUT2D eigenvalue weighted by Gasteiger charge is -2.31. The summed E-state index contributed by atoms with van der Waals surface area (Å²) in [6, 6.07) is 3.93. The van der Waals surface area contributed by atoms with Crippen molar-refractivity contribution in [1.29, 1.82) is 0 Å². The molecular formula is C17H28N2O2. The summed E-state index contributed by atoms with van der Waals surface area (Å²) < 4.78 is 5.91. The Morgan fingerprint density at radius 2 is 2.05 bits per heavy atom. The van der Waals surface area contributed by atoms with Crippen molar-refractivity contribution in [3.8, 4) is 5.75 Å². The molecule has 1 aliphatic carbocycles. The smallest absolute Gasteiger partial charge is 0.142 e. The first kappa shape index (κ1) is 16.2. The molecular weight excluding hydrogens is 264 g/mol. The third-order valence-electron chi connectivity index (χ3n) is 4.07. The third-order valence-corrected chi connectivity index (χ3v) is 4.07. The molecule has 0 unspecified atom stereocenters. The van der Waals surface area contributed by atoms with E-state index in [9.17, 15) is 5.11 Å². The molecule has 0 aromatic carbocycles. The summed E-state index contributed by atoms with van der Waals surface area (Å²) in [6.07, 6.45) is 6.20. The summed E-state index contributed by atoms with van der Waals surface area (Å²) in [6.45, 7) is 6.19. The lowest BCUT2D eigenvalue weighted by Crippen LogP contribution is -2.38. The second kappa shape index (κ2) is 7.76. The Balaban J connectivity index is 1.97. The molecule has 21 heavy (non-hydrogen) atoms. The number of hydrogen-bond donors (Lipinski definition) is 2. The quantitative estimate of drug-likeness (QED) is 0.759. The van der Waals surface area contributed by atoms with E-state index in [1.807, 2.05) is 19.1 Å². The summed E-state index contributed by atoms with van der Waals surface area (Å²) in [4.78, 5) is 4.56. The number of aromatic nitrogens is 1. The van der Waals surface area contributed by atoms with Crippen molar-refractivity contribution in [2.45, 2.75) is 64.5 Å². The van der Waals surface area contributed by atoms with Gasteiger partial charge >= 0.3 is 0 Å². The largest absolute Gasteiger partial charge is 0.489 e. The van der Waals surface area contributed by atoms with Crippen LogP contribution in [0.4, 0.5) is 0 Å². The Kier molecular flexibility index (Phi) is 6.00. The minimum absolute atomic E-state index is 0.374. The highest BCUT2D eigenvalue weighted by Crippen LogP contribution is 2.29. The molecule has 0 spiro atoms. The SMILES string of the molecule is CCCNCc1nc(C)ccc1OCC1(O)CCCCC1. The lowest BCUT2D eigenvalue weighted by atomic mass is 9.85. The number of nitrogens with zero attached hydrogens (tertiary/aromatic N) is 1. The first-order valence-corrected chi connectivity index (χ1v) is 8.15. The van der Waals surface area contributed by atoms with Crippen molar-refractivity contribution in [3.63, 3.8) is 0 Å². The van der Waals surface area contributed by atoms with Crippen LogP contribution in [0.2, 0.25) is 0 Å². The zero-order chi connectivity index (χ0) is 15.1. The first-order chi connectivity index (χ1) is 10.1. The van der Waals surface area contributed by atoms with E-state index in [1.165, 1.54) is 6.42 Å². The van der Waals surface area contributed by atoms with E-state index in [2.05, 4.69) is 17.2 Å². The Hall–Kier alpha value is -1.13. The van der Waals surface area contributed by atoms with E-state index in [0.717, 1.165) is 55.8 Å². The molecule has 0 atom stereocenters. The average Bonchev–Trinajstić information content (AvgIpc) is 2.47. The summed E-state index contributed by atoms with van der Waals surface area (Å²) >= 11 is 0. The van der Waals surface area contributed by atoms with Gasteiger partial charge in [0.2, 0.25) is 0 Å². The standard InChI is InChI=1S/C17H28N2O2/c1-3-11-18-12-15-16(8-7-14(2)19-15)21-13-17(20)9-5-4-6-10-17/h7-8,18,20H,3-6,9-13H2,1-2H3. The molecule has 2 N–H and O–H groups in total. The van der Waals surface area contributed by atoms with E-state index < -0.39 is 5.60 Å². The minimum Gasteiger partial charge on any atom is -0.489 e. The first-order valence-electron chi connectivity index (χ1n) is 8.15. The predicted octanol–water partition coefficient (Wildman–Crippen LogP) is 2.96. The number of aliphatic hydroxyl groups is 1. The highest BCUT2D eigenvalue weighted by Gasteiger charge is 2.30. The molecule has 0 amide bonds. The van der Waals surface area contributed by atoms with Gasteiger partial charge in [-0.3, -0.25) is 4.98 Å². The molecule has 0 bridgehead atoms. The molecule has 0 radical (unpaired) electrons. The maximum absolute atomic E-state index is 10.5. The number of ether oxygens (including phenoxy) is 1. The molecule has 1 aromatic rings. The van der Waals surface area contributed by atoms with Crippen LogP contribution in [0.1, 0.15) is 56.8 Å². The van der Waals surface area contributed by atoms with Crippen LogP contribution < -0.4 is 10.1 Å². The maximum Gasteiger partial charge on any atom is 0.142 e. The van der Waals surface area contributed by atoms with Gasteiger partial charge in [-0.2, -0.15) is 0 Å². The third kappa shape index (κ3) is 4.97. The molecule has 1 saturated carbocycles. The van der Waals surface area contributed by atoms with Crippen LogP contribution >= 0.6 is 0 Å². The van der Waals surface area contributed by atoms with Crippen LogP contribution in [-0.2, 0) is 6.54 Å². The fourth-order valence-electron chi connectivity index (χ4n) is 2.81. The summed E-state index contributed by atoms with van der Waals surface area (Å²) in [5, 5.41) is 13.9. The van der Waals surface area contributed by atoms with Gasteiger partial charge in [0.25, 0.3) is 0 Å². The Morgan fingerprint density at radius 1 is 1.29 bits per heavy atom. The zero-order valence-corrected chi connectivity index (χ0v) is 13.3. The number of nitrogens with one attached hydrogen (secondary N) is 1. The van der Waals surface area contributed by atoms with E-state index in [1.54, 1.807) is 0 Å². The summed E-state index contributed by atoms with van der Waals surface area (Å²) in [7, 11) is 0. The van der Waals surface area contributed by atoms with Crippen LogP contribution in [0.25, 0.3) is 0 Å². The highest BCUT2D eigenvalue weighted by atomic mass is 16.5. The Labute approximate surface area is 127 Å². The van der Waals surface area contributed by atoms with Crippen molar-refractivity contribution in [2.75, 3.05) is 13.2 Å². The molecule has 1 aliphatic rings. The number of aryl methyl sites for hydroxylation is 1. The minimum atomic E-state index is -0.656. The van der Waals surface area contributed by atoms with E-state index in [4.69, 9.17) is 4.74 Å². The van der Waals surface area contributed by atoms with Gasteiger partial charge in [-0.1, -0.05) is 26.2 Å². The van der Waals surface area contributed by atoms with Crippen molar-refractivity contribution in [2.24, 2.45) is 0 Å². The van der Waals surface area contributed by atoms with E-state index in [-0.39, 0.29) is 0 Å². The van der Waals surface area contributed by atoms with Crippen LogP contribution in [-0.4, -0.2) is 28.8 Å². The molecule has 0 saturated heterocycles. The molecule has 1 aromatic heterocycles. The fraction of sp³-hybridized carbons (Fsp3) is 0.706. The van der Waals surface area contributed by atoms with Gasteiger partial charge in [0, 0.05) is 12.2 Å². The van der Waals surface area contributed by atoms with Gasteiger partial charge in [-0.05, 0) is 44.9 Å². The molecule has 2 rings (SSSR count). The second-order valence-electron chi connectivity index (χ2n) is 6.15. The van der Waals surface area contributed by atoms with Gasteiger partial charge in [0.15, 0.2) is 0 Å². The van der Waals surface area contributed by atoms with Gasteiger partial charge in [0.1, 0.15) is 12.4 Å². The molecule has 0 aliphatic heterocycles. The van der Waals surface area contributed by atoms with Crippen molar-refractivity contribution >= 4 is 0 Å². The van der Waals surface area contributed by atoms with Crippen LogP contribution in [0.15, 0.2) is 12.1 Å². The summed E-state index contributed by atoms with van der Waals surface area (Å²) in [5.41, 5.74) is 1.27. The molecule has 118 valence electrons. The van der Waals surface area contributed by atoms with Crippen molar-refractivity contribution in [1.82, 2.24) is 10.3 Å². The van der Waals surface area contributed by atoms with E-state index >= 15 is 0 Å². The molecule has 1 fully saturated rings. The topological polar surface area (TPSA) is 54.4 Å². The van der Waals surface area contributed by atoms with Crippen molar-refractivity contribution in [3.05, 3.63) is 23.5 Å². The summed E-state index contributed by atoms with van der Waals surface area (Å²) in [5.74, 6) is 0.795. The molecule has 4 nitrogen and oxygen atoms in total. The van der Waals surface area contributed by atoms with Gasteiger partial charge in [-0.25, -0.2) is 0 Å². The van der Waals surface area contributed by atoms with Gasteiger partial charge in [0.05, 0.1) is 11.3 Å². The molecule has 4 heteroatoms. The number of hydrogen-bond acceptors (Lipinski definition) is 4. The fourth-order valence-corrected chi connectivity index (χ4v) is 2.81. The van der Waals surface area contributed by atoms with Crippen LogP contribution in [0.3, 0.4) is 0 Å². The normalized spacial score (nSPS) is 17.7. The van der Waals surface area contributed by atoms with Crippen LogP contribution in [0.5, 0.6) is 5.75 Å². The Bertz CT molecular complexity index is 442. The zero-order valence-electron chi connectivity index (χ0n) is 13.3. The molecule has 1 heterocycles. The number of pyridine rings is 1. The second-order valence-corrected chi connectivity index (χ2v) is 6.15. The average molecular weight is 292 g/mol. The van der Waals surface area contributed by atoms with Gasteiger partial charge in [-0.15, -0.1) is 0 Å².